The minimum atomic E-state index is -3.40. The van der Waals surface area contributed by atoms with E-state index in [4.69, 9.17) is 4.52 Å². The van der Waals surface area contributed by atoms with Crippen molar-refractivity contribution < 1.29 is 23.2 Å². The summed E-state index contributed by atoms with van der Waals surface area (Å²) in [5, 5.41) is 9.86. The summed E-state index contributed by atoms with van der Waals surface area (Å²) in [4.78, 5) is 0. The maximum atomic E-state index is 11.6. The van der Waals surface area contributed by atoms with E-state index in [1.807, 2.05) is 0 Å². The predicted octanol–water partition coefficient (Wildman–Crippen LogP) is 5.47. The molecule has 140 valence electrons. The molecule has 0 saturated carbocycles. The largest absolute Gasteiger partial charge is 0.474 e. The molecule has 0 aliphatic rings. The maximum Gasteiger partial charge on any atom is 0.474 e. The van der Waals surface area contributed by atoms with Crippen LogP contribution in [0.5, 0.6) is 0 Å². The number of hydrogen-bond acceptors (Lipinski definition) is 5. The second kappa shape index (κ2) is 15.6. The molecule has 0 aromatic heterocycles. The van der Waals surface area contributed by atoms with E-state index in [0.717, 1.165) is 12.8 Å². The van der Waals surface area contributed by atoms with Gasteiger partial charge in [-0.05, 0) is 12.8 Å². The fourth-order valence-electron chi connectivity index (χ4n) is 2.49. The van der Waals surface area contributed by atoms with Crippen molar-refractivity contribution in [2.24, 2.45) is 0 Å². The van der Waals surface area contributed by atoms with Crippen molar-refractivity contribution in [3.05, 3.63) is 0 Å². The maximum absolute atomic E-state index is 11.6. The molecule has 0 bridgehead atoms. The average Bonchev–Trinajstić information content (AvgIpc) is 2.56. The van der Waals surface area contributed by atoms with E-state index in [1.54, 1.807) is 0 Å². The Morgan fingerprint density at radius 1 is 0.826 bits per heavy atom. The lowest BCUT2D eigenvalue weighted by Gasteiger charge is -2.15. The molecule has 0 aliphatic carbocycles. The van der Waals surface area contributed by atoms with Gasteiger partial charge in [0.1, 0.15) is 0 Å². The number of phosphoric ester groups is 1. The molecule has 0 saturated heterocycles. The van der Waals surface area contributed by atoms with E-state index in [2.05, 4.69) is 16.0 Å². The van der Waals surface area contributed by atoms with Crippen LogP contribution in [-0.2, 0) is 18.1 Å². The molecular weight excluding hydrogens is 315 g/mol. The highest BCUT2D eigenvalue weighted by atomic mass is 31.2. The van der Waals surface area contributed by atoms with E-state index < -0.39 is 13.9 Å². The van der Waals surface area contributed by atoms with Gasteiger partial charge in [0.2, 0.25) is 0 Å². The first-order valence-electron chi connectivity index (χ1n) is 9.12. The lowest BCUT2D eigenvalue weighted by molar-refractivity contribution is 0.103. The number of rotatable bonds is 17. The fraction of sp³-hybridized carbons (Fsp3) is 1.00. The van der Waals surface area contributed by atoms with Crippen molar-refractivity contribution in [2.45, 2.75) is 90.1 Å². The lowest BCUT2D eigenvalue weighted by atomic mass is 10.0. The van der Waals surface area contributed by atoms with Gasteiger partial charge in [-0.2, -0.15) is 0 Å². The topological polar surface area (TPSA) is 65.0 Å². The Kier molecular flexibility index (Phi) is 15.6. The van der Waals surface area contributed by atoms with Gasteiger partial charge in [0.05, 0.1) is 12.7 Å². The minimum absolute atomic E-state index is 0.178. The summed E-state index contributed by atoms with van der Waals surface area (Å²) in [6.07, 6.45) is 13.7. The summed E-state index contributed by atoms with van der Waals surface area (Å²) in [5.74, 6) is 0. The highest BCUT2D eigenvalue weighted by Crippen LogP contribution is 2.47. The summed E-state index contributed by atoms with van der Waals surface area (Å²) in [7, 11) is -0.839. The molecule has 5 nitrogen and oxygen atoms in total. The molecular formula is C17H37O5P. The number of hydrogen-bond donors (Lipinski definition) is 1. The van der Waals surface area contributed by atoms with Crippen LogP contribution in [0.3, 0.4) is 0 Å². The fourth-order valence-corrected chi connectivity index (χ4v) is 3.18. The highest BCUT2D eigenvalue weighted by Gasteiger charge is 2.22. The second-order valence-corrected chi connectivity index (χ2v) is 7.94. The van der Waals surface area contributed by atoms with Gasteiger partial charge < -0.3 is 5.11 Å². The molecule has 23 heavy (non-hydrogen) atoms. The zero-order valence-corrected chi connectivity index (χ0v) is 16.2. The van der Waals surface area contributed by atoms with Crippen LogP contribution < -0.4 is 0 Å². The van der Waals surface area contributed by atoms with Crippen LogP contribution in [0.1, 0.15) is 84.0 Å². The molecule has 0 radical (unpaired) electrons. The van der Waals surface area contributed by atoms with Crippen LogP contribution in [0, 0.1) is 0 Å². The van der Waals surface area contributed by atoms with Gasteiger partial charge in [-0.3, -0.25) is 13.6 Å². The Balaban J connectivity index is 3.37. The normalized spacial score (nSPS) is 13.4. The van der Waals surface area contributed by atoms with Gasteiger partial charge in [0.25, 0.3) is 0 Å². The SMILES string of the molecule is CCCCCCCCCCCCC(O)CCOP(=O)(OC)OC. The van der Waals surface area contributed by atoms with Crippen LogP contribution in [0.15, 0.2) is 0 Å². The Bertz CT molecular complexity index is 291. The van der Waals surface area contributed by atoms with Crippen LogP contribution >= 0.6 is 7.82 Å². The van der Waals surface area contributed by atoms with Crippen molar-refractivity contribution >= 4 is 7.82 Å². The van der Waals surface area contributed by atoms with Crippen molar-refractivity contribution in [2.75, 3.05) is 20.8 Å². The van der Waals surface area contributed by atoms with Gasteiger partial charge in [0.15, 0.2) is 0 Å². The van der Waals surface area contributed by atoms with Gasteiger partial charge in [-0.15, -0.1) is 0 Å². The molecule has 0 aliphatic heterocycles. The standard InChI is InChI=1S/C17H37O5P/c1-4-5-6-7-8-9-10-11-12-13-14-17(18)15-16-22-23(19,20-2)21-3/h17-18H,4-16H2,1-3H3. The Labute approximate surface area is 142 Å². The smallest absolute Gasteiger partial charge is 0.393 e. The third-order valence-corrected chi connectivity index (χ3v) is 5.43. The van der Waals surface area contributed by atoms with Crippen LogP contribution in [0.25, 0.3) is 0 Å². The van der Waals surface area contributed by atoms with E-state index >= 15 is 0 Å². The Morgan fingerprint density at radius 3 is 1.78 bits per heavy atom. The molecule has 0 fully saturated rings. The van der Waals surface area contributed by atoms with E-state index in [-0.39, 0.29) is 6.61 Å². The number of phosphoric acid groups is 1. The highest BCUT2D eigenvalue weighted by molar-refractivity contribution is 7.48. The molecule has 0 heterocycles. The second-order valence-electron chi connectivity index (χ2n) is 6.06. The molecule has 0 aromatic carbocycles. The molecule has 0 spiro atoms. The number of unbranched alkanes of at least 4 members (excludes halogenated alkanes) is 9. The van der Waals surface area contributed by atoms with Gasteiger partial charge in [-0.1, -0.05) is 71.1 Å². The summed E-state index contributed by atoms with van der Waals surface area (Å²) < 4.78 is 26.0. The molecule has 1 N–H and O–H groups in total. The number of aliphatic hydroxyl groups is 1. The molecule has 6 heteroatoms. The molecule has 1 unspecified atom stereocenters. The van der Waals surface area contributed by atoms with Gasteiger partial charge in [0, 0.05) is 14.2 Å². The summed E-state index contributed by atoms with van der Waals surface area (Å²) in [6, 6.07) is 0. The Morgan fingerprint density at radius 2 is 1.30 bits per heavy atom. The van der Waals surface area contributed by atoms with Gasteiger partial charge in [-0.25, -0.2) is 4.57 Å². The van der Waals surface area contributed by atoms with Crippen molar-refractivity contribution in [1.82, 2.24) is 0 Å². The van der Waals surface area contributed by atoms with Crippen molar-refractivity contribution in [3.63, 3.8) is 0 Å². The number of aliphatic hydroxyl groups excluding tert-OH is 1. The minimum Gasteiger partial charge on any atom is -0.393 e. The summed E-state index contributed by atoms with van der Waals surface area (Å²) in [6.45, 7) is 2.42. The molecule has 0 aromatic rings. The van der Waals surface area contributed by atoms with Crippen LogP contribution in [-0.4, -0.2) is 32.0 Å². The van der Waals surface area contributed by atoms with E-state index in [9.17, 15) is 9.67 Å². The molecule has 0 rings (SSSR count). The zero-order valence-electron chi connectivity index (χ0n) is 15.3. The average molecular weight is 352 g/mol. The third-order valence-electron chi connectivity index (χ3n) is 4.04. The first-order chi connectivity index (χ1) is 11.1. The predicted molar refractivity (Wildman–Crippen MR) is 94.7 cm³/mol. The van der Waals surface area contributed by atoms with Crippen LogP contribution in [0.2, 0.25) is 0 Å². The zero-order chi connectivity index (χ0) is 17.4. The van der Waals surface area contributed by atoms with Crippen molar-refractivity contribution in [1.29, 1.82) is 0 Å². The third kappa shape index (κ3) is 14.1. The summed E-state index contributed by atoms with van der Waals surface area (Å²) in [5.41, 5.74) is 0. The van der Waals surface area contributed by atoms with E-state index in [0.29, 0.717) is 6.42 Å². The van der Waals surface area contributed by atoms with Crippen LogP contribution in [0.4, 0.5) is 0 Å². The first kappa shape index (κ1) is 23.1. The van der Waals surface area contributed by atoms with E-state index in [1.165, 1.54) is 72.0 Å². The van der Waals surface area contributed by atoms with Gasteiger partial charge >= 0.3 is 7.82 Å². The Hall–Kier alpha value is 0.0700. The van der Waals surface area contributed by atoms with Crippen molar-refractivity contribution in [3.8, 4) is 0 Å². The first-order valence-corrected chi connectivity index (χ1v) is 10.6. The summed E-state index contributed by atoms with van der Waals surface area (Å²) >= 11 is 0. The monoisotopic (exact) mass is 352 g/mol. The molecule has 1 atom stereocenters. The lowest BCUT2D eigenvalue weighted by Crippen LogP contribution is -2.10. The quantitative estimate of drug-likeness (QED) is 0.278. The molecule has 0 amide bonds.